The Morgan fingerprint density at radius 1 is 0.674 bits per heavy atom. The Morgan fingerprint density at radius 3 is 1.65 bits per heavy atom. The van der Waals surface area contributed by atoms with Gasteiger partial charge in [-0.1, -0.05) is 142 Å². The van der Waals surface area contributed by atoms with Gasteiger partial charge in [0.25, 0.3) is 0 Å². The maximum absolute atomic E-state index is 12.5. The third-order valence-electron chi connectivity index (χ3n) is 8.96. The van der Waals surface area contributed by atoms with Crippen molar-refractivity contribution in [3.05, 3.63) is 0 Å². The zero-order valence-electron chi connectivity index (χ0n) is 29.6. The van der Waals surface area contributed by atoms with Crippen molar-refractivity contribution < 1.29 is 37.6 Å². The van der Waals surface area contributed by atoms with Crippen LogP contribution in [0.1, 0.15) is 174 Å². The molecule has 1 aliphatic carbocycles. The van der Waals surface area contributed by atoms with Crippen LogP contribution in [-0.4, -0.2) is 49.3 Å². The summed E-state index contributed by atoms with van der Waals surface area (Å²) in [5.74, 6) is 1.10. The van der Waals surface area contributed by atoms with Crippen LogP contribution in [0, 0.1) is 11.8 Å². The van der Waals surface area contributed by atoms with Crippen LogP contribution in [0.25, 0.3) is 0 Å². The summed E-state index contributed by atoms with van der Waals surface area (Å²) in [7, 11) is -4.36. The predicted octanol–water partition coefficient (Wildman–Crippen LogP) is 9.57. The summed E-state index contributed by atoms with van der Waals surface area (Å²) in [6, 6.07) is 0. The molecule has 0 aromatic heterocycles. The first-order valence-corrected chi connectivity index (χ1v) is 20.5. The highest BCUT2D eigenvalue weighted by molar-refractivity contribution is 7.47. The topological polar surface area (TPSA) is 134 Å². The largest absolute Gasteiger partial charge is 0.472 e. The first kappa shape index (κ1) is 43.0. The lowest BCUT2D eigenvalue weighted by Gasteiger charge is -2.19. The molecule has 1 rings (SSSR count). The third-order valence-corrected chi connectivity index (χ3v) is 9.95. The molecule has 1 unspecified atom stereocenters. The van der Waals surface area contributed by atoms with Gasteiger partial charge in [0.1, 0.15) is 6.61 Å². The van der Waals surface area contributed by atoms with Crippen LogP contribution >= 0.6 is 7.82 Å². The number of rotatable bonds is 34. The van der Waals surface area contributed by atoms with E-state index in [2.05, 4.69) is 13.8 Å². The number of carbonyl (C=O) groups excluding carboxylic acids is 2. The van der Waals surface area contributed by atoms with E-state index in [1.165, 1.54) is 109 Å². The van der Waals surface area contributed by atoms with Crippen LogP contribution in [0.3, 0.4) is 0 Å². The summed E-state index contributed by atoms with van der Waals surface area (Å²) >= 11 is 0. The number of hydrogen-bond donors (Lipinski definition) is 2. The highest BCUT2D eigenvalue weighted by Crippen LogP contribution is 2.46. The molecule has 0 amide bonds. The molecule has 10 heteroatoms. The fourth-order valence-electron chi connectivity index (χ4n) is 5.99. The first-order valence-electron chi connectivity index (χ1n) is 19.0. The van der Waals surface area contributed by atoms with E-state index < -0.39 is 26.5 Å². The summed E-state index contributed by atoms with van der Waals surface area (Å²) in [5.41, 5.74) is 5.33. The summed E-state index contributed by atoms with van der Waals surface area (Å²) in [6.45, 7) is 3.75. The summed E-state index contributed by atoms with van der Waals surface area (Å²) in [5, 5.41) is 0. The van der Waals surface area contributed by atoms with Crippen molar-refractivity contribution in [3.8, 4) is 0 Å². The first-order chi connectivity index (χ1) is 22.3. The van der Waals surface area contributed by atoms with Gasteiger partial charge in [-0.15, -0.1) is 0 Å². The van der Waals surface area contributed by atoms with Crippen molar-refractivity contribution in [1.29, 1.82) is 0 Å². The van der Waals surface area contributed by atoms with Gasteiger partial charge in [-0.2, -0.15) is 0 Å². The molecule has 0 heterocycles. The van der Waals surface area contributed by atoms with E-state index in [1.54, 1.807) is 0 Å². The molecule has 0 aromatic carbocycles. The molecule has 0 bridgehead atoms. The van der Waals surface area contributed by atoms with E-state index >= 15 is 0 Å². The molecule has 1 fully saturated rings. The van der Waals surface area contributed by atoms with Gasteiger partial charge in [0.05, 0.1) is 13.2 Å². The predicted molar refractivity (Wildman–Crippen MR) is 185 cm³/mol. The molecule has 0 aromatic rings. The van der Waals surface area contributed by atoms with E-state index in [-0.39, 0.29) is 38.6 Å². The molecule has 3 N–H and O–H groups in total. The molecule has 4 atom stereocenters. The van der Waals surface area contributed by atoms with Crippen LogP contribution in [-0.2, 0) is 32.7 Å². The number of esters is 2. The Bertz CT molecular complexity index is 798. The van der Waals surface area contributed by atoms with E-state index in [1.807, 2.05) is 0 Å². The average molecular weight is 676 g/mol. The Kier molecular flexibility index (Phi) is 27.1. The second kappa shape index (κ2) is 29.0. The molecule has 0 radical (unpaired) electrons. The van der Waals surface area contributed by atoms with Crippen molar-refractivity contribution >= 4 is 19.8 Å². The van der Waals surface area contributed by atoms with Crippen LogP contribution < -0.4 is 5.73 Å². The van der Waals surface area contributed by atoms with Crippen molar-refractivity contribution in [2.24, 2.45) is 17.6 Å². The maximum Gasteiger partial charge on any atom is 0.472 e. The summed E-state index contributed by atoms with van der Waals surface area (Å²) in [4.78, 5) is 34.7. The molecule has 1 saturated carbocycles. The summed E-state index contributed by atoms with van der Waals surface area (Å²) < 4.78 is 32.7. The minimum Gasteiger partial charge on any atom is -0.462 e. The van der Waals surface area contributed by atoms with Gasteiger partial charge >= 0.3 is 19.8 Å². The molecular formula is C36H70NO8P. The molecule has 0 spiro atoms. The number of unbranched alkanes of at least 4 members (excludes halogenated alkanes) is 17. The van der Waals surface area contributed by atoms with Gasteiger partial charge in [0, 0.05) is 19.4 Å². The van der Waals surface area contributed by atoms with Gasteiger partial charge in [-0.25, -0.2) is 4.57 Å². The lowest BCUT2D eigenvalue weighted by molar-refractivity contribution is -0.161. The third kappa shape index (κ3) is 26.0. The van der Waals surface area contributed by atoms with Crippen molar-refractivity contribution in [3.63, 3.8) is 0 Å². The zero-order chi connectivity index (χ0) is 33.7. The number of phosphoric ester groups is 1. The van der Waals surface area contributed by atoms with Gasteiger partial charge in [0.2, 0.25) is 0 Å². The number of hydrogen-bond acceptors (Lipinski definition) is 8. The molecule has 9 nitrogen and oxygen atoms in total. The Hall–Kier alpha value is -0.990. The Labute approximate surface area is 281 Å². The van der Waals surface area contributed by atoms with Gasteiger partial charge in [-0.05, 0) is 31.1 Å². The van der Waals surface area contributed by atoms with Crippen LogP contribution in [0.5, 0.6) is 0 Å². The smallest absolute Gasteiger partial charge is 0.462 e. The molecule has 0 aliphatic heterocycles. The summed E-state index contributed by atoms with van der Waals surface area (Å²) in [6.07, 6.45) is 27.5. The molecule has 1 aliphatic rings. The van der Waals surface area contributed by atoms with Crippen molar-refractivity contribution in [2.75, 3.05) is 26.4 Å². The number of phosphoric acid groups is 1. The number of ether oxygens (including phenoxy) is 2. The second-order valence-electron chi connectivity index (χ2n) is 13.4. The lowest BCUT2D eigenvalue weighted by Crippen LogP contribution is -2.29. The van der Waals surface area contributed by atoms with E-state index in [0.29, 0.717) is 6.42 Å². The van der Waals surface area contributed by atoms with Crippen molar-refractivity contribution in [2.45, 2.75) is 180 Å². The monoisotopic (exact) mass is 675 g/mol. The zero-order valence-corrected chi connectivity index (χ0v) is 30.5. The fourth-order valence-corrected chi connectivity index (χ4v) is 6.76. The Balaban J connectivity index is 2.23. The molecule has 0 saturated heterocycles. The van der Waals surface area contributed by atoms with Gasteiger partial charge < -0.3 is 20.1 Å². The minimum atomic E-state index is -4.36. The van der Waals surface area contributed by atoms with Crippen LogP contribution in [0.2, 0.25) is 0 Å². The lowest BCUT2D eigenvalue weighted by atomic mass is 10.0. The van der Waals surface area contributed by atoms with Crippen LogP contribution in [0.15, 0.2) is 0 Å². The standard InChI is InChI=1S/C36H70NO8P/c1-3-5-7-9-10-11-12-13-14-17-21-25-35(38)42-30-34(31-44-46(40,41)43-28-27-37)45-36(39)26-22-18-15-16-20-24-33-29-32(33)23-19-8-6-4-2/h32-34H,3-31,37H2,1-2H3,(H,40,41)/t32-,33+,34+/m0/s1. The average Bonchev–Trinajstić information content (AvgIpc) is 3.79. The second-order valence-corrected chi connectivity index (χ2v) is 14.8. The minimum absolute atomic E-state index is 0.0587. The molecule has 46 heavy (non-hydrogen) atoms. The highest BCUT2D eigenvalue weighted by atomic mass is 31.2. The van der Waals surface area contributed by atoms with E-state index in [4.69, 9.17) is 24.3 Å². The molecular weight excluding hydrogens is 605 g/mol. The fraction of sp³-hybridized carbons (Fsp3) is 0.944. The maximum atomic E-state index is 12.5. The molecule has 272 valence electrons. The van der Waals surface area contributed by atoms with Gasteiger partial charge in [0.15, 0.2) is 6.10 Å². The normalized spacial score (nSPS) is 17.8. The Morgan fingerprint density at radius 2 is 1.13 bits per heavy atom. The number of nitrogens with two attached hydrogens (primary N) is 1. The quantitative estimate of drug-likeness (QED) is 0.0388. The van der Waals surface area contributed by atoms with Gasteiger partial charge in [-0.3, -0.25) is 18.6 Å². The van der Waals surface area contributed by atoms with E-state index in [9.17, 15) is 19.0 Å². The van der Waals surface area contributed by atoms with Crippen molar-refractivity contribution in [1.82, 2.24) is 0 Å². The van der Waals surface area contributed by atoms with Crippen LogP contribution in [0.4, 0.5) is 0 Å². The highest BCUT2D eigenvalue weighted by Gasteiger charge is 2.35. The van der Waals surface area contributed by atoms with E-state index in [0.717, 1.165) is 43.9 Å². The number of carbonyl (C=O) groups is 2. The SMILES string of the molecule is CCCCCCCCCCCCCC(=O)OC[C@H](COP(=O)(O)OCCN)OC(=O)CCCCCCC[C@@H]1C[C@@H]1CCCCCC.